The fourth-order valence-electron chi connectivity index (χ4n) is 4.82. The Balaban J connectivity index is 1.46. The van der Waals surface area contributed by atoms with Crippen LogP contribution < -0.4 is 0 Å². The SMILES string of the molecule is CC1([C@@H]2COC[C@H](COC(=O)N3CCN(C(C)(C)CO)CC3)N2S(=O)(=O)c2ccc(Cl)cc2)CC1. The number of morpholine rings is 1. The molecule has 1 aliphatic carbocycles. The van der Waals surface area contributed by atoms with Crippen LogP contribution in [-0.2, 0) is 19.5 Å². The molecule has 0 bridgehead atoms. The molecule has 1 saturated carbocycles. The summed E-state index contributed by atoms with van der Waals surface area (Å²) in [5.41, 5.74) is -0.502. The lowest BCUT2D eigenvalue weighted by Crippen LogP contribution is -2.60. The van der Waals surface area contributed by atoms with E-state index in [9.17, 15) is 18.3 Å². The number of hydrogen-bond donors (Lipinski definition) is 1. The Kier molecular flexibility index (Phi) is 7.72. The predicted octanol–water partition coefficient (Wildman–Crippen LogP) is 2.42. The number of piperazine rings is 1. The normalized spacial score (nSPS) is 25.9. The Labute approximate surface area is 213 Å². The van der Waals surface area contributed by atoms with Gasteiger partial charge in [-0.2, -0.15) is 4.31 Å². The molecule has 0 spiro atoms. The van der Waals surface area contributed by atoms with Crippen molar-refractivity contribution in [2.75, 3.05) is 52.6 Å². The molecule has 4 rings (SSSR count). The summed E-state index contributed by atoms with van der Waals surface area (Å²) in [6.45, 7) is 8.67. The minimum absolute atomic E-state index is 0.0388. The molecule has 3 fully saturated rings. The van der Waals surface area contributed by atoms with Crippen LogP contribution in [0, 0.1) is 5.41 Å². The van der Waals surface area contributed by atoms with Crippen LogP contribution in [0.5, 0.6) is 0 Å². The van der Waals surface area contributed by atoms with E-state index in [0.29, 0.717) is 37.8 Å². The van der Waals surface area contributed by atoms with Crippen molar-refractivity contribution in [2.45, 2.75) is 56.1 Å². The molecule has 11 heteroatoms. The molecular formula is C24H36ClN3O6S. The topological polar surface area (TPSA) is 99.6 Å². The van der Waals surface area contributed by atoms with Gasteiger partial charge in [-0.15, -0.1) is 0 Å². The first kappa shape index (κ1) is 26.6. The average molecular weight is 530 g/mol. The monoisotopic (exact) mass is 529 g/mol. The van der Waals surface area contributed by atoms with E-state index >= 15 is 0 Å². The van der Waals surface area contributed by atoms with Gasteiger partial charge in [0.15, 0.2) is 0 Å². The number of rotatable bonds is 7. The highest BCUT2D eigenvalue weighted by molar-refractivity contribution is 7.89. The van der Waals surface area contributed by atoms with Crippen molar-refractivity contribution in [3.8, 4) is 0 Å². The summed E-state index contributed by atoms with van der Waals surface area (Å²) in [6, 6.07) is 5.20. The zero-order valence-corrected chi connectivity index (χ0v) is 22.2. The van der Waals surface area contributed by atoms with Gasteiger partial charge in [0, 0.05) is 36.7 Å². The van der Waals surface area contributed by atoms with Crippen molar-refractivity contribution in [3.05, 3.63) is 29.3 Å². The number of halogens is 1. The van der Waals surface area contributed by atoms with Crippen molar-refractivity contribution in [1.82, 2.24) is 14.1 Å². The molecule has 2 saturated heterocycles. The molecule has 196 valence electrons. The van der Waals surface area contributed by atoms with Crippen molar-refractivity contribution < 1.29 is 27.8 Å². The maximum Gasteiger partial charge on any atom is 0.409 e. The van der Waals surface area contributed by atoms with Gasteiger partial charge in [0.05, 0.1) is 36.8 Å². The van der Waals surface area contributed by atoms with Crippen LogP contribution in [0.1, 0.15) is 33.6 Å². The number of carbonyl (C=O) groups excluding carboxylic acids is 1. The summed E-state index contributed by atoms with van der Waals surface area (Å²) >= 11 is 5.98. The number of hydrogen-bond acceptors (Lipinski definition) is 7. The molecule has 3 aliphatic rings. The Morgan fingerprint density at radius 1 is 1.17 bits per heavy atom. The second-order valence-corrected chi connectivity index (χ2v) is 13.0. The minimum atomic E-state index is -3.86. The van der Waals surface area contributed by atoms with E-state index in [2.05, 4.69) is 11.8 Å². The molecule has 1 aromatic carbocycles. The van der Waals surface area contributed by atoms with Crippen LogP contribution in [0.2, 0.25) is 5.02 Å². The Bertz CT molecular complexity index is 1010. The summed E-state index contributed by atoms with van der Waals surface area (Å²) in [6.07, 6.45) is 1.39. The molecule has 0 unspecified atom stereocenters. The fraction of sp³-hybridized carbons (Fsp3) is 0.708. The van der Waals surface area contributed by atoms with Gasteiger partial charge < -0.3 is 19.5 Å². The van der Waals surface area contributed by atoms with Gasteiger partial charge in [-0.25, -0.2) is 13.2 Å². The Morgan fingerprint density at radius 2 is 1.80 bits per heavy atom. The quantitative estimate of drug-likeness (QED) is 0.579. The lowest BCUT2D eigenvalue weighted by Gasteiger charge is -2.44. The van der Waals surface area contributed by atoms with Crippen LogP contribution in [0.25, 0.3) is 0 Å². The van der Waals surface area contributed by atoms with E-state index in [0.717, 1.165) is 12.8 Å². The van der Waals surface area contributed by atoms with Gasteiger partial charge in [-0.05, 0) is 56.4 Å². The van der Waals surface area contributed by atoms with Crippen molar-refractivity contribution in [3.63, 3.8) is 0 Å². The fourth-order valence-corrected chi connectivity index (χ4v) is 6.84. The van der Waals surface area contributed by atoms with Gasteiger partial charge >= 0.3 is 6.09 Å². The van der Waals surface area contributed by atoms with E-state index < -0.39 is 22.2 Å². The molecular weight excluding hydrogens is 494 g/mol. The zero-order chi connectivity index (χ0) is 25.4. The molecule has 0 radical (unpaired) electrons. The van der Waals surface area contributed by atoms with E-state index in [-0.39, 0.29) is 41.7 Å². The second-order valence-electron chi connectivity index (χ2n) is 10.7. The van der Waals surface area contributed by atoms with Crippen molar-refractivity contribution in [1.29, 1.82) is 0 Å². The third kappa shape index (κ3) is 5.62. The smallest absolute Gasteiger partial charge is 0.409 e. The van der Waals surface area contributed by atoms with E-state index in [4.69, 9.17) is 21.1 Å². The molecule has 2 atom stereocenters. The van der Waals surface area contributed by atoms with Crippen LogP contribution in [0.3, 0.4) is 0 Å². The summed E-state index contributed by atoms with van der Waals surface area (Å²) in [5, 5.41) is 10.1. The highest BCUT2D eigenvalue weighted by Gasteiger charge is 2.54. The Hall–Kier alpha value is -1.43. The molecule has 0 aromatic heterocycles. The molecule has 1 N–H and O–H groups in total. The van der Waals surface area contributed by atoms with Gasteiger partial charge in [0.2, 0.25) is 10.0 Å². The third-order valence-corrected chi connectivity index (χ3v) is 9.89. The lowest BCUT2D eigenvalue weighted by atomic mass is 9.97. The minimum Gasteiger partial charge on any atom is -0.448 e. The summed E-state index contributed by atoms with van der Waals surface area (Å²) in [4.78, 5) is 16.8. The maximum absolute atomic E-state index is 13.7. The summed E-state index contributed by atoms with van der Waals surface area (Å²) in [7, 11) is -3.86. The van der Waals surface area contributed by atoms with E-state index in [1.54, 1.807) is 17.0 Å². The van der Waals surface area contributed by atoms with Crippen LogP contribution in [0.15, 0.2) is 29.2 Å². The van der Waals surface area contributed by atoms with E-state index in [1.165, 1.54) is 16.4 Å². The number of carbonyl (C=O) groups is 1. The predicted molar refractivity (Wildman–Crippen MR) is 132 cm³/mol. The summed E-state index contributed by atoms with van der Waals surface area (Å²) in [5.74, 6) is 0. The average Bonchev–Trinajstić information content (AvgIpc) is 3.61. The number of aliphatic hydroxyl groups is 1. The van der Waals surface area contributed by atoms with Gasteiger partial charge in [0.1, 0.15) is 6.61 Å². The molecule has 35 heavy (non-hydrogen) atoms. The maximum atomic E-state index is 13.7. The lowest BCUT2D eigenvalue weighted by molar-refractivity contribution is -0.0500. The standard InChI is InChI=1S/C24H36ClN3O6S/c1-23(2,17-29)27-12-10-26(11-13-27)22(30)34-15-19-14-33-16-21(24(3)8-9-24)28(19)35(31,32)20-6-4-18(25)5-7-20/h4-7,19,21,29H,8-17H2,1-3H3/t19-,21+/m1/s1. The molecule has 1 amide bonds. The number of nitrogens with zero attached hydrogens (tertiary/aromatic N) is 3. The first-order chi connectivity index (χ1) is 16.5. The number of aliphatic hydroxyl groups excluding tert-OH is 1. The number of benzene rings is 1. The highest BCUT2D eigenvalue weighted by Crippen LogP contribution is 2.52. The highest BCUT2D eigenvalue weighted by atomic mass is 35.5. The van der Waals surface area contributed by atoms with E-state index in [1.807, 2.05) is 13.8 Å². The largest absolute Gasteiger partial charge is 0.448 e. The van der Waals surface area contributed by atoms with Gasteiger partial charge in [-0.3, -0.25) is 4.90 Å². The Morgan fingerprint density at radius 3 is 2.37 bits per heavy atom. The number of amides is 1. The third-order valence-electron chi connectivity index (χ3n) is 7.67. The van der Waals surface area contributed by atoms with Crippen LogP contribution in [0.4, 0.5) is 4.79 Å². The van der Waals surface area contributed by atoms with Crippen molar-refractivity contribution >= 4 is 27.7 Å². The first-order valence-electron chi connectivity index (χ1n) is 12.1. The van der Waals surface area contributed by atoms with Gasteiger partial charge in [0.25, 0.3) is 0 Å². The van der Waals surface area contributed by atoms with Gasteiger partial charge in [-0.1, -0.05) is 18.5 Å². The number of ether oxygens (including phenoxy) is 2. The molecule has 9 nitrogen and oxygen atoms in total. The molecule has 1 aromatic rings. The van der Waals surface area contributed by atoms with Crippen molar-refractivity contribution in [2.24, 2.45) is 5.41 Å². The first-order valence-corrected chi connectivity index (χ1v) is 13.9. The van der Waals surface area contributed by atoms with Crippen LogP contribution in [-0.4, -0.2) is 104 Å². The number of sulfonamides is 1. The molecule has 2 aliphatic heterocycles. The summed E-state index contributed by atoms with van der Waals surface area (Å²) < 4.78 is 40.5. The second kappa shape index (κ2) is 10.1. The van der Waals surface area contributed by atoms with Crippen LogP contribution >= 0.6 is 11.6 Å². The zero-order valence-electron chi connectivity index (χ0n) is 20.7. The molecule has 2 heterocycles.